The third-order valence-electron chi connectivity index (χ3n) is 9.36. The highest BCUT2D eigenvalue weighted by Gasteiger charge is 2.42. The first-order valence-electron chi connectivity index (χ1n) is 14.6. The van der Waals surface area contributed by atoms with Crippen LogP contribution in [0, 0.1) is 52.4 Å². The summed E-state index contributed by atoms with van der Waals surface area (Å²) in [5.74, 6) is -25.0. The fraction of sp³-hybridized carbons (Fsp3) is 0. The molecule has 0 saturated carbocycles. The Morgan fingerprint density at radius 1 is 0.333 bits per heavy atom. The largest absolute Gasteiger partial charge is 0.268 e. The molecule has 250 valence electrons. The number of benzene rings is 7. The maximum atomic E-state index is 14.8. The van der Waals surface area contributed by atoms with Gasteiger partial charge < -0.3 is 0 Å². The molecule has 0 fully saturated rings. The highest BCUT2D eigenvalue weighted by molar-refractivity contribution is 6.45. The van der Waals surface area contributed by atoms with Gasteiger partial charge in [-0.1, -0.05) is 24.3 Å². The van der Waals surface area contributed by atoms with E-state index < -0.39 is 87.4 Å². The second kappa shape index (κ2) is 9.80. The van der Waals surface area contributed by atoms with Crippen LogP contribution in [0.4, 0.5) is 50.9 Å². The normalized spacial score (nSPS) is 14.5. The van der Waals surface area contributed by atoms with E-state index in [0.29, 0.717) is 21.5 Å². The van der Waals surface area contributed by atoms with Crippen LogP contribution in [0.3, 0.4) is 0 Å². The zero-order valence-corrected chi connectivity index (χ0v) is 24.6. The van der Waals surface area contributed by atoms with Crippen LogP contribution >= 0.6 is 0 Å². The topological polar surface area (TPSA) is 74.8 Å². The van der Waals surface area contributed by atoms with E-state index in [1.807, 2.05) is 0 Å². The number of imide groups is 2. The van der Waals surface area contributed by atoms with Crippen molar-refractivity contribution < 1.29 is 58.7 Å². The Hall–Kier alpha value is -6.51. The molecule has 51 heavy (non-hydrogen) atoms. The van der Waals surface area contributed by atoms with Gasteiger partial charge in [0.25, 0.3) is 23.6 Å². The summed E-state index contributed by atoms with van der Waals surface area (Å²) < 4.78 is 130. The molecule has 0 unspecified atom stereocenters. The Balaban J connectivity index is 1.30. The number of hydrogen-bond donors (Lipinski definition) is 0. The highest BCUT2D eigenvalue weighted by Crippen LogP contribution is 2.48. The number of amides is 4. The van der Waals surface area contributed by atoms with Crippen LogP contribution in [-0.2, 0) is 0 Å². The lowest BCUT2D eigenvalue weighted by atomic mass is 9.82. The van der Waals surface area contributed by atoms with E-state index in [1.165, 1.54) is 48.5 Å². The first-order valence-corrected chi connectivity index (χ1v) is 14.6. The van der Waals surface area contributed by atoms with Gasteiger partial charge in [0.1, 0.15) is 11.4 Å². The van der Waals surface area contributed by atoms with E-state index in [1.54, 1.807) is 0 Å². The van der Waals surface area contributed by atoms with Gasteiger partial charge in [0.05, 0.1) is 0 Å². The molecule has 0 aromatic heterocycles. The van der Waals surface area contributed by atoms with Crippen molar-refractivity contribution in [2.75, 3.05) is 9.80 Å². The molecule has 0 N–H and O–H groups in total. The van der Waals surface area contributed by atoms with Crippen molar-refractivity contribution in [1.82, 2.24) is 0 Å². The Bertz CT molecular complexity index is 2730. The van der Waals surface area contributed by atoms with Crippen LogP contribution in [0.25, 0.3) is 43.1 Å². The maximum absolute atomic E-state index is 14.8. The summed E-state index contributed by atoms with van der Waals surface area (Å²) in [5.41, 5.74) is -4.46. The van der Waals surface area contributed by atoms with E-state index in [0.717, 1.165) is 0 Å². The van der Waals surface area contributed by atoms with Crippen LogP contribution in [0.5, 0.6) is 0 Å². The van der Waals surface area contributed by atoms with Gasteiger partial charge in [0, 0.05) is 39.1 Å². The number of carbonyl (C=O) groups excluding carboxylic acids is 4. The first kappa shape index (κ1) is 30.5. The Labute approximate surface area is 275 Å². The number of nitrogens with zero attached hydrogens (tertiary/aromatic N) is 2. The summed E-state index contributed by atoms with van der Waals surface area (Å²) in [7, 11) is 0. The van der Waals surface area contributed by atoms with Gasteiger partial charge in [-0.25, -0.2) is 49.3 Å². The Morgan fingerprint density at radius 2 is 0.608 bits per heavy atom. The summed E-state index contributed by atoms with van der Waals surface area (Å²) in [6.45, 7) is 0. The Kier molecular flexibility index (Phi) is 5.87. The number of carbonyl (C=O) groups is 4. The van der Waals surface area contributed by atoms with Crippen molar-refractivity contribution in [1.29, 1.82) is 0 Å². The first-order chi connectivity index (χ1) is 24.3. The molecular formula is C36H9F9N2O4. The van der Waals surface area contributed by atoms with Crippen molar-refractivity contribution in [3.8, 4) is 0 Å². The quantitative estimate of drug-likeness (QED) is 0.0452. The van der Waals surface area contributed by atoms with Crippen LogP contribution in [0.2, 0.25) is 0 Å². The number of halogens is 9. The standard InChI is InChI=1S/C36H9F9N2O4/c37-18-9-19(38)25(40)31(24(18)39)46-33(48)14-5-1-10-12-3-7-16-23-17(8-4-13(21(12)23)11-2-6-15(34(46)49)22(14)20(10)11)36(51)47(35(16)50)32-29(44)27(42)26(41)28(43)30(32)45/h1-9H. The number of anilines is 2. The summed E-state index contributed by atoms with van der Waals surface area (Å²) in [5, 5.41) is 1.89. The SMILES string of the molecule is O=C1c2ccc3c4ccc5c6c(ccc(c7ccc(c2c37)C(=O)N1c1c(F)c(F)cc(F)c1F)c64)C(=O)N(c1c(F)c(F)c(F)c(F)c1F)C5=O. The minimum absolute atomic E-state index is 0.00572. The minimum Gasteiger partial charge on any atom is -0.268 e. The lowest BCUT2D eigenvalue weighted by Gasteiger charge is -2.30. The van der Waals surface area contributed by atoms with Crippen LogP contribution in [0.1, 0.15) is 41.4 Å². The predicted octanol–water partition coefficient (Wildman–Crippen LogP) is 8.59. The van der Waals surface area contributed by atoms with Crippen LogP contribution in [0.15, 0.2) is 54.6 Å². The molecule has 2 heterocycles. The third kappa shape index (κ3) is 3.54. The fourth-order valence-electron chi connectivity index (χ4n) is 7.22. The summed E-state index contributed by atoms with van der Waals surface area (Å²) in [6, 6.07) is 10.2. The zero-order valence-electron chi connectivity index (χ0n) is 24.6. The van der Waals surface area contributed by atoms with Crippen molar-refractivity contribution in [3.63, 3.8) is 0 Å². The third-order valence-corrected chi connectivity index (χ3v) is 9.36. The molecule has 4 amide bonds. The molecule has 9 rings (SSSR count). The molecular weight excluding hydrogens is 695 g/mol. The second-order valence-corrected chi connectivity index (χ2v) is 11.8. The van der Waals surface area contributed by atoms with Crippen molar-refractivity contribution in [3.05, 3.63) is 129 Å². The van der Waals surface area contributed by atoms with Crippen LogP contribution < -0.4 is 9.80 Å². The van der Waals surface area contributed by atoms with Crippen molar-refractivity contribution in [2.24, 2.45) is 0 Å². The van der Waals surface area contributed by atoms with Gasteiger partial charge in [0.2, 0.25) is 5.82 Å². The van der Waals surface area contributed by atoms with Crippen molar-refractivity contribution in [2.45, 2.75) is 0 Å². The molecule has 2 aliphatic heterocycles. The van der Waals surface area contributed by atoms with Gasteiger partial charge in [-0.2, -0.15) is 0 Å². The predicted molar refractivity (Wildman–Crippen MR) is 162 cm³/mol. The molecule has 7 aromatic rings. The second-order valence-electron chi connectivity index (χ2n) is 11.8. The van der Waals surface area contributed by atoms with E-state index in [2.05, 4.69) is 0 Å². The average Bonchev–Trinajstić information content (AvgIpc) is 3.12. The molecule has 0 saturated heterocycles. The van der Waals surface area contributed by atoms with Gasteiger partial charge in [-0.05, 0) is 56.6 Å². The zero-order chi connectivity index (χ0) is 36.1. The number of fused-ring (bicyclic) bond motifs is 2. The van der Waals surface area contributed by atoms with E-state index in [9.17, 15) is 58.7 Å². The fourth-order valence-corrected chi connectivity index (χ4v) is 7.22. The van der Waals surface area contributed by atoms with Crippen molar-refractivity contribution >= 4 is 78.1 Å². The molecule has 0 spiro atoms. The molecule has 6 nitrogen and oxygen atoms in total. The molecule has 0 radical (unpaired) electrons. The smallest absolute Gasteiger partial charge is 0.266 e. The molecule has 0 aliphatic carbocycles. The summed E-state index contributed by atoms with van der Waals surface area (Å²) in [4.78, 5) is 54.7. The number of rotatable bonds is 2. The minimum atomic E-state index is -2.48. The molecule has 7 aromatic carbocycles. The molecule has 0 atom stereocenters. The van der Waals surface area contributed by atoms with Crippen LogP contribution in [-0.4, -0.2) is 23.6 Å². The lowest BCUT2D eigenvalue weighted by Crippen LogP contribution is -2.42. The van der Waals surface area contributed by atoms with E-state index in [4.69, 9.17) is 0 Å². The summed E-state index contributed by atoms with van der Waals surface area (Å²) >= 11 is 0. The average molecular weight is 704 g/mol. The van der Waals surface area contributed by atoms with E-state index in [-0.39, 0.29) is 59.7 Å². The van der Waals surface area contributed by atoms with Gasteiger partial charge in [0.15, 0.2) is 46.5 Å². The molecule has 15 heteroatoms. The highest BCUT2D eigenvalue weighted by atomic mass is 19.2. The molecule has 2 aliphatic rings. The molecule has 0 bridgehead atoms. The van der Waals surface area contributed by atoms with Gasteiger partial charge in [-0.3, -0.25) is 19.2 Å². The lowest BCUT2D eigenvalue weighted by molar-refractivity contribution is 0.0874. The number of hydrogen-bond acceptors (Lipinski definition) is 4. The summed E-state index contributed by atoms with van der Waals surface area (Å²) in [6.07, 6.45) is 0. The maximum Gasteiger partial charge on any atom is 0.266 e. The monoisotopic (exact) mass is 704 g/mol. The van der Waals surface area contributed by atoms with Gasteiger partial charge >= 0.3 is 0 Å². The Morgan fingerprint density at radius 3 is 0.922 bits per heavy atom. The van der Waals surface area contributed by atoms with E-state index >= 15 is 0 Å². The van der Waals surface area contributed by atoms with Gasteiger partial charge in [-0.15, -0.1) is 0 Å².